The third kappa shape index (κ3) is 6.27. The normalized spacial score (nSPS) is 14.2. The summed E-state index contributed by atoms with van der Waals surface area (Å²) in [6.45, 7) is 5.71. The van der Waals surface area contributed by atoms with Gasteiger partial charge in [-0.2, -0.15) is 0 Å². The Bertz CT molecular complexity index is 1110. The zero-order valence-electron chi connectivity index (χ0n) is 18.6. The number of anilines is 5. The molecule has 170 valence electrons. The molecule has 0 unspecified atom stereocenters. The molecule has 33 heavy (non-hydrogen) atoms. The number of aliphatic imine (C=N–C) groups is 1. The maximum Gasteiger partial charge on any atom is 0.171 e. The molecule has 3 heterocycles. The van der Waals surface area contributed by atoms with Crippen LogP contribution in [0.4, 0.5) is 34.6 Å². The Hall–Kier alpha value is -3.98. The molecular weight excluding hydrogens is 416 g/mol. The maximum absolute atomic E-state index is 6.04. The van der Waals surface area contributed by atoms with Crippen LogP contribution in [0.15, 0.2) is 65.9 Å². The van der Waals surface area contributed by atoms with Gasteiger partial charge in [0.25, 0.3) is 0 Å². The van der Waals surface area contributed by atoms with Crippen LogP contribution in [0.5, 0.6) is 0 Å². The molecule has 0 atom stereocenters. The zero-order valence-corrected chi connectivity index (χ0v) is 18.6. The van der Waals surface area contributed by atoms with E-state index in [1.165, 1.54) is 0 Å². The molecule has 0 radical (unpaired) electrons. The summed E-state index contributed by atoms with van der Waals surface area (Å²) >= 11 is 0. The summed E-state index contributed by atoms with van der Waals surface area (Å²) in [5, 5.41) is 6.48. The third-order valence-electron chi connectivity index (χ3n) is 5.08. The van der Waals surface area contributed by atoms with Gasteiger partial charge in [0.15, 0.2) is 17.5 Å². The molecule has 9 nitrogen and oxygen atoms in total. The van der Waals surface area contributed by atoms with E-state index in [-0.39, 0.29) is 0 Å². The number of nitrogen functional groups attached to an aromatic ring is 1. The van der Waals surface area contributed by atoms with E-state index in [0.717, 1.165) is 43.2 Å². The van der Waals surface area contributed by atoms with Gasteiger partial charge in [-0.15, -0.1) is 0 Å². The minimum Gasteiger partial charge on any atom is -0.381 e. The van der Waals surface area contributed by atoms with Crippen LogP contribution in [0.2, 0.25) is 0 Å². The fraction of sp³-hybridized carbons (Fsp3) is 0.250. The second-order valence-electron chi connectivity index (χ2n) is 7.44. The first kappa shape index (κ1) is 22.2. The molecule has 1 fully saturated rings. The van der Waals surface area contributed by atoms with Crippen LogP contribution in [0.25, 0.3) is 0 Å². The molecule has 2 aromatic heterocycles. The Balaban J connectivity index is 1.40. The summed E-state index contributed by atoms with van der Waals surface area (Å²) in [6.07, 6.45) is 8.98. The molecule has 0 spiro atoms. The van der Waals surface area contributed by atoms with Crippen molar-refractivity contribution in [2.24, 2.45) is 4.99 Å². The van der Waals surface area contributed by atoms with Crippen molar-refractivity contribution in [2.45, 2.75) is 13.5 Å². The number of morpholine rings is 1. The molecule has 1 aromatic carbocycles. The van der Waals surface area contributed by atoms with Crippen molar-refractivity contribution < 1.29 is 4.74 Å². The van der Waals surface area contributed by atoms with Crippen molar-refractivity contribution in [3.63, 3.8) is 0 Å². The number of nitrogens with one attached hydrogen (secondary N) is 2. The summed E-state index contributed by atoms with van der Waals surface area (Å²) in [4.78, 5) is 19.9. The first-order valence-electron chi connectivity index (χ1n) is 10.9. The lowest BCUT2D eigenvalue weighted by atomic mass is 10.2. The van der Waals surface area contributed by atoms with Gasteiger partial charge < -0.3 is 26.0 Å². The van der Waals surface area contributed by atoms with Gasteiger partial charge in [0.1, 0.15) is 5.82 Å². The number of nitrogens with zero attached hydrogens (tertiary/aromatic N) is 5. The van der Waals surface area contributed by atoms with Gasteiger partial charge in [0, 0.05) is 43.8 Å². The SMILES string of the molecule is C/C=C\C=N/c1ccc(CNc2nc(Nc3cc(N4CCOCC4)ccn3)cnc2N)cc1. The average Bonchev–Trinajstić information content (AvgIpc) is 2.86. The zero-order chi connectivity index (χ0) is 22.9. The van der Waals surface area contributed by atoms with Crippen molar-refractivity contribution in [3.05, 3.63) is 66.5 Å². The standard InChI is InChI=1S/C24H28N8O/c1-2-3-9-26-19-6-4-18(5-7-19)16-29-24-23(25)28-17-22(31-24)30-21-15-20(8-10-27-21)32-11-13-33-14-12-32/h2-10,15,17H,11-14,16H2,1H3,(H2,25,28)(H2,27,29,30,31)/b3-2-,26-9-. The van der Waals surface area contributed by atoms with Crippen LogP contribution in [0.1, 0.15) is 12.5 Å². The summed E-state index contributed by atoms with van der Waals surface area (Å²) in [5.74, 6) is 2.10. The molecule has 3 aromatic rings. The molecule has 4 rings (SSSR count). The van der Waals surface area contributed by atoms with Crippen LogP contribution in [-0.4, -0.2) is 47.5 Å². The Morgan fingerprint density at radius 1 is 1.12 bits per heavy atom. The number of benzene rings is 1. The van der Waals surface area contributed by atoms with Crippen LogP contribution in [0, 0.1) is 0 Å². The predicted molar refractivity (Wildman–Crippen MR) is 134 cm³/mol. The summed E-state index contributed by atoms with van der Waals surface area (Å²) in [6, 6.07) is 12.0. The topological polar surface area (TPSA) is 114 Å². The van der Waals surface area contributed by atoms with E-state index in [1.807, 2.05) is 55.5 Å². The highest BCUT2D eigenvalue weighted by Crippen LogP contribution is 2.23. The fourth-order valence-electron chi connectivity index (χ4n) is 3.33. The molecular formula is C24H28N8O. The molecule has 0 amide bonds. The van der Waals surface area contributed by atoms with Crippen LogP contribution in [-0.2, 0) is 11.3 Å². The quantitative estimate of drug-likeness (QED) is 0.448. The third-order valence-corrected chi connectivity index (χ3v) is 5.08. The largest absolute Gasteiger partial charge is 0.381 e. The molecule has 0 aliphatic carbocycles. The van der Waals surface area contributed by atoms with Gasteiger partial charge in [0.2, 0.25) is 0 Å². The van der Waals surface area contributed by atoms with E-state index in [2.05, 4.69) is 35.5 Å². The van der Waals surface area contributed by atoms with Gasteiger partial charge in [-0.25, -0.2) is 15.0 Å². The molecule has 1 aliphatic heterocycles. The minimum atomic E-state index is 0.336. The second-order valence-corrected chi connectivity index (χ2v) is 7.44. The van der Waals surface area contributed by atoms with Gasteiger partial charge in [-0.3, -0.25) is 4.99 Å². The van der Waals surface area contributed by atoms with E-state index in [9.17, 15) is 0 Å². The van der Waals surface area contributed by atoms with Gasteiger partial charge in [-0.1, -0.05) is 18.2 Å². The predicted octanol–water partition coefficient (Wildman–Crippen LogP) is 3.92. The fourth-order valence-corrected chi connectivity index (χ4v) is 3.33. The number of allylic oxidation sites excluding steroid dienone is 2. The first-order chi connectivity index (χ1) is 16.2. The number of rotatable bonds is 8. The first-order valence-corrected chi connectivity index (χ1v) is 10.9. The lowest BCUT2D eigenvalue weighted by molar-refractivity contribution is 0.122. The molecule has 1 saturated heterocycles. The average molecular weight is 445 g/mol. The van der Waals surface area contributed by atoms with E-state index in [1.54, 1.807) is 18.6 Å². The number of nitrogens with two attached hydrogens (primary N) is 1. The maximum atomic E-state index is 6.04. The second kappa shape index (κ2) is 11.1. The van der Waals surface area contributed by atoms with Gasteiger partial charge >= 0.3 is 0 Å². The van der Waals surface area contributed by atoms with Crippen LogP contribution in [0.3, 0.4) is 0 Å². The summed E-state index contributed by atoms with van der Waals surface area (Å²) in [5.41, 5.74) is 9.11. The van der Waals surface area contributed by atoms with Crippen LogP contribution >= 0.6 is 0 Å². The Morgan fingerprint density at radius 3 is 2.73 bits per heavy atom. The number of hydrogen-bond acceptors (Lipinski definition) is 9. The molecule has 1 aliphatic rings. The number of hydrogen-bond donors (Lipinski definition) is 3. The lowest BCUT2D eigenvalue weighted by Gasteiger charge is -2.28. The van der Waals surface area contributed by atoms with E-state index in [4.69, 9.17) is 10.5 Å². The number of pyridine rings is 1. The highest BCUT2D eigenvalue weighted by Gasteiger charge is 2.12. The van der Waals surface area contributed by atoms with E-state index in [0.29, 0.717) is 29.8 Å². The van der Waals surface area contributed by atoms with Crippen molar-refractivity contribution in [3.8, 4) is 0 Å². The molecule has 0 saturated carbocycles. The van der Waals surface area contributed by atoms with E-state index < -0.39 is 0 Å². The van der Waals surface area contributed by atoms with Gasteiger partial charge in [0.05, 0.1) is 25.1 Å². The number of aromatic nitrogens is 3. The van der Waals surface area contributed by atoms with Crippen molar-refractivity contribution in [2.75, 3.05) is 47.6 Å². The molecule has 0 bridgehead atoms. The Labute approximate surface area is 193 Å². The Morgan fingerprint density at radius 2 is 1.94 bits per heavy atom. The highest BCUT2D eigenvalue weighted by molar-refractivity contribution is 5.74. The molecule has 4 N–H and O–H groups in total. The van der Waals surface area contributed by atoms with E-state index >= 15 is 0 Å². The minimum absolute atomic E-state index is 0.336. The number of ether oxygens (including phenoxy) is 1. The summed E-state index contributed by atoms with van der Waals surface area (Å²) in [7, 11) is 0. The molecule has 9 heteroatoms. The van der Waals surface area contributed by atoms with Gasteiger partial charge in [-0.05, 0) is 36.8 Å². The Kier molecular flexibility index (Phi) is 7.44. The van der Waals surface area contributed by atoms with Crippen molar-refractivity contribution in [1.82, 2.24) is 15.0 Å². The van der Waals surface area contributed by atoms with Crippen molar-refractivity contribution >= 4 is 40.9 Å². The smallest absolute Gasteiger partial charge is 0.171 e. The summed E-state index contributed by atoms with van der Waals surface area (Å²) < 4.78 is 5.43. The highest BCUT2D eigenvalue weighted by atomic mass is 16.5. The van der Waals surface area contributed by atoms with Crippen molar-refractivity contribution in [1.29, 1.82) is 0 Å². The van der Waals surface area contributed by atoms with Crippen LogP contribution < -0.4 is 21.3 Å². The lowest BCUT2D eigenvalue weighted by Crippen LogP contribution is -2.36. The monoisotopic (exact) mass is 444 g/mol.